The van der Waals surface area contributed by atoms with Crippen LogP contribution in [0.15, 0.2) is 57.5 Å². The van der Waals surface area contributed by atoms with Crippen molar-refractivity contribution in [1.82, 2.24) is 5.16 Å². The van der Waals surface area contributed by atoms with E-state index in [0.717, 1.165) is 27.8 Å². The highest BCUT2D eigenvalue weighted by atomic mass is 79.9. The molecule has 4 heteroatoms. The highest BCUT2D eigenvalue weighted by Gasteiger charge is 2.33. The minimum atomic E-state index is 0.254. The van der Waals surface area contributed by atoms with Crippen LogP contribution in [0.4, 0.5) is 5.82 Å². The maximum absolute atomic E-state index is 6.03. The summed E-state index contributed by atoms with van der Waals surface area (Å²) in [5.74, 6) is 1.58. The van der Waals surface area contributed by atoms with Gasteiger partial charge in [-0.3, -0.25) is 0 Å². The summed E-state index contributed by atoms with van der Waals surface area (Å²) < 4.78 is 6.59. The fraction of sp³-hybridized carbons (Fsp3) is 0.118. The Kier molecular flexibility index (Phi) is 2.86. The van der Waals surface area contributed by atoms with Crippen molar-refractivity contribution < 1.29 is 4.52 Å². The van der Waals surface area contributed by atoms with Crippen LogP contribution in [0.5, 0.6) is 0 Å². The number of rotatable bonds is 2. The van der Waals surface area contributed by atoms with Crippen LogP contribution in [0.25, 0.3) is 11.1 Å². The Morgan fingerprint density at radius 2 is 1.86 bits per heavy atom. The van der Waals surface area contributed by atoms with Crippen LogP contribution in [0.3, 0.4) is 0 Å². The Labute approximate surface area is 130 Å². The van der Waals surface area contributed by atoms with Crippen LogP contribution in [-0.4, -0.2) is 5.16 Å². The Balaban J connectivity index is 1.81. The molecular weight excluding hydrogens is 328 g/mol. The standard InChI is InChI=1S/C17H13BrN2O/c18-12-7-5-10(6-8-12)15-16(21-20-17(15)19)14-9-11-3-1-2-4-13(11)14/h1-8,14H,9H2,(H2,19,20). The van der Waals surface area contributed by atoms with Gasteiger partial charge in [-0.05, 0) is 35.2 Å². The van der Waals surface area contributed by atoms with Crippen LogP contribution in [0.1, 0.15) is 22.8 Å². The monoisotopic (exact) mass is 340 g/mol. The van der Waals surface area contributed by atoms with Crippen molar-refractivity contribution in [3.8, 4) is 11.1 Å². The average Bonchev–Trinajstić information content (AvgIpc) is 2.83. The molecule has 2 N–H and O–H groups in total. The van der Waals surface area contributed by atoms with Crippen LogP contribution in [-0.2, 0) is 6.42 Å². The smallest absolute Gasteiger partial charge is 0.175 e. The number of nitrogens with zero attached hydrogens (tertiary/aromatic N) is 1. The number of fused-ring (bicyclic) bond motifs is 1. The van der Waals surface area contributed by atoms with Crippen molar-refractivity contribution in [3.63, 3.8) is 0 Å². The predicted molar refractivity (Wildman–Crippen MR) is 86.0 cm³/mol. The maximum Gasteiger partial charge on any atom is 0.175 e. The first-order chi connectivity index (χ1) is 10.2. The molecule has 1 atom stereocenters. The lowest BCUT2D eigenvalue weighted by molar-refractivity contribution is 0.365. The first kappa shape index (κ1) is 12.7. The highest BCUT2D eigenvalue weighted by Crippen LogP contribution is 2.45. The van der Waals surface area contributed by atoms with Gasteiger partial charge in [-0.25, -0.2) is 0 Å². The third-order valence-corrected chi connectivity index (χ3v) is 4.58. The highest BCUT2D eigenvalue weighted by molar-refractivity contribution is 9.10. The molecule has 0 spiro atoms. The van der Waals surface area contributed by atoms with Crippen LogP contribution in [0.2, 0.25) is 0 Å². The van der Waals surface area contributed by atoms with Gasteiger partial charge < -0.3 is 10.3 Å². The fourth-order valence-corrected chi connectivity index (χ4v) is 3.22. The number of nitrogen functional groups attached to an aromatic ring is 1. The summed E-state index contributed by atoms with van der Waals surface area (Å²) in [4.78, 5) is 0. The van der Waals surface area contributed by atoms with E-state index in [2.05, 4.69) is 45.4 Å². The van der Waals surface area contributed by atoms with E-state index in [1.165, 1.54) is 11.1 Å². The van der Waals surface area contributed by atoms with Crippen LogP contribution >= 0.6 is 15.9 Å². The lowest BCUT2D eigenvalue weighted by Crippen LogP contribution is -2.18. The predicted octanol–water partition coefficient (Wildman–Crippen LogP) is 4.37. The van der Waals surface area contributed by atoms with E-state index in [4.69, 9.17) is 10.3 Å². The van der Waals surface area contributed by atoms with Gasteiger partial charge in [0.1, 0.15) is 0 Å². The third kappa shape index (κ3) is 1.98. The number of benzene rings is 2. The summed E-state index contributed by atoms with van der Waals surface area (Å²) >= 11 is 3.45. The molecule has 1 aromatic heterocycles. The lowest BCUT2D eigenvalue weighted by Gasteiger charge is -2.28. The molecule has 4 rings (SSSR count). The van der Waals surface area contributed by atoms with E-state index in [0.29, 0.717) is 5.82 Å². The van der Waals surface area contributed by atoms with Gasteiger partial charge in [-0.1, -0.05) is 57.5 Å². The molecule has 1 aliphatic rings. The average molecular weight is 341 g/mol. The molecule has 1 heterocycles. The molecule has 21 heavy (non-hydrogen) atoms. The molecule has 0 aliphatic heterocycles. The van der Waals surface area contributed by atoms with Gasteiger partial charge in [0.2, 0.25) is 0 Å². The molecule has 2 aromatic carbocycles. The van der Waals surface area contributed by atoms with Crippen molar-refractivity contribution in [2.75, 3.05) is 5.73 Å². The molecule has 0 saturated carbocycles. The second-order valence-corrected chi connectivity index (χ2v) is 6.19. The van der Waals surface area contributed by atoms with Crippen LogP contribution in [0, 0.1) is 0 Å². The molecular formula is C17H13BrN2O. The van der Waals surface area contributed by atoms with Gasteiger partial charge in [-0.15, -0.1) is 0 Å². The first-order valence-corrected chi connectivity index (χ1v) is 7.62. The molecule has 3 aromatic rings. The van der Waals surface area contributed by atoms with E-state index in [-0.39, 0.29) is 5.92 Å². The number of nitrogens with two attached hydrogens (primary N) is 1. The first-order valence-electron chi connectivity index (χ1n) is 6.83. The minimum absolute atomic E-state index is 0.254. The quantitative estimate of drug-likeness (QED) is 0.753. The molecule has 0 amide bonds. The largest absolute Gasteiger partial charge is 0.380 e. The number of anilines is 1. The summed E-state index contributed by atoms with van der Waals surface area (Å²) in [6.07, 6.45) is 0.980. The number of hydrogen-bond acceptors (Lipinski definition) is 3. The summed E-state index contributed by atoms with van der Waals surface area (Å²) in [6, 6.07) is 16.5. The molecule has 0 radical (unpaired) electrons. The zero-order chi connectivity index (χ0) is 14.4. The Morgan fingerprint density at radius 1 is 1.10 bits per heavy atom. The summed E-state index contributed by atoms with van der Waals surface area (Å²) in [6.45, 7) is 0. The van der Waals surface area contributed by atoms with E-state index in [1.54, 1.807) is 0 Å². The van der Waals surface area contributed by atoms with Crippen LogP contribution < -0.4 is 5.73 Å². The molecule has 0 fully saturated rings. The van der Waals surface area contributed by atoms with E-state index >= 15 is 0 Å². The maximum atomic E-state index is 6.03. The third-order valence-electron chi connectivity index (χ3n) is 4.05. The Morgan fingerprint density at radius 3 is 2.62 bits per heavy atom. The van der Waals surface area contributed by atoms with Crippen molar-refractivity contribution in [3.05, 3.63) is 69.9 Å². The van der Waals surface area contributed by atoms with Crippen molar-refractivity contribution >= 4 is 21.7 Å². The SMILES string of the molecule is Nc1noc(C2Cc3ccccc32)c1-c1ccc(Br)cc1. The van der Waals surface area contributed by atoms with Gasteiger partial charge >= 0.3 is 0 Å². The second-order valence-electron chi connectivity index (χ2n) is 5.27. The lowest BCUT2D eigenvalue weighted by atomic mass is 9.75. The van der Waals surface area contributed by atoms with Gasteiger partial charge in [0.25, 0.3) is 0 Å². The van der Waals surface area contributed by atoms with Gasteiger partial charge in [0.05, 0.1) is 5.56 Å². The molecule has 0 bridgehead atoms. The van der Waals surface area contributed by atoms with Crippen molar-refractivity contribution in [2.24, 2.45) is 0 Å². The van der Waals surface area contributed by atoms with Crippen molar-refractivity contribution in [2.45, 2.75) is 12.3 Å². The number of hydrogen-bond donors (Lipinski definition) is 1. The second kappa shape index (κ2) is 4.74. The summed E-state index contributed by atoms with van der Waals surface area (Å²) in [7, 11) is 0. The molecule has 3 nitrogen and oxygen atoms in total. The van der Waals surface area contributed by atoms with Gasteiger partial charge in [0, 0.05) is 10.4 Å². The van der Waals surface area contributed by atoms with E-state index in [9.17, 15) is 0 Å². The van der Waals surface area contributed by atoms with Crippen molar-refractivity contribution in [1.29, 1.82) is 0 Å². The summed E-state index contributed by atoms with van der Waals surface area (Å²) in [5, 5.41) is 3.98. The van der Waals surface area contributed by atoms with E-state index < -0.39 is 0 Å². The number of aromatic nitrogens is 1. The molecule has 0 saturated heterocycles. The topological polar surface area (TPSA) is 52.0 Å². The van der Waals surface area contributed by atoms with Gasteiger partial charge in [0.15, 0.2) is 11.6 Å². The zero-order valence-corrected chi connectivity index (χ0v) is 12.8. The summed E-state index contributed by atoms with van der Waals surface area (Å²) in [5.41, 5.74) is 10.7. The number of halogens is 1. The van der Waals surface area contributed by atoms with Gasteiger partial charge in [-0.2, -0.15) is 0 Å². The normalized spacial score (nSPS) is 16.3. The molecule has 1 unspecified atom stereocenters. The molecule has 104 valence electrons. The Hall–Kier alpha value is -2.07. The zero-order valence-electron chi connectivity index (χ0n) is 11.2. The van der Waals surface area contributed by atoms with E-state index in [1.807, 2.05) is 24.3 Å². The minimum Gasteiger partial charge on any atom is -0.380 e. The Bertz CT molecular complexity index is 808. The fourth-order valence-electron chi connectivity index (χ4n) is 2.95. The molecule has 1 aliphatic carbocycles.